The third-order valence-corrected chi connectivity index (χ3v) is 8.44. The van der Waals surface area contributed by atoms with Crippen LogP contribution in [0.25, 0.3) is 0 Å². The number of ketones is 2. The molecule has 4 atom stereocenters. The lowest BCUT2D eigenvalue weighted by molar-refractivity contribution is -0.160. The molecule has 11 nitrogen and oxygen atoms in total. The third-order valence-electron chi connectivity index (χ3n) is 8.44. The van der Waals surface area contributed by atoms with Crippen LogP contribution in [0.3, 0.4) is 0 Å². The first-order valence-corrected chi connectivity index (χ1v) is 12.9. The third kappa shape index (κ3) is 3.94. The first-order valence-electron chi connectivity index (χ1n) is 12.9. The van der Waals surface area contributed by atoms with E-state index in [1.54, 1.807) is 0 Å². The van der Waals surface area contributed by atoms with Crippen molar-refractivity contribution < 1.29 is 34.8 Å². The van der Waals surface area contributed by atoms with Crippen LogP contribution in [0.1, 0.15) is 55.6 Å². The topological polar surface area (TPSA) is 185 Å². The van der Waals surface area contributed by atoms with Crippen LogP contribution < -0.4 is 21.3 Å². The van der Waals surface area contributed by atoms with E-state index < -0.39 is 57.5 Å². The molecule has 1 unspecified atom stereocenters. The van der Waals surface area contributed by atoms with Crippen molar-refractivity contribution in [1.29, 1.82) is 0 Å². The highest BCUT2D eigenvalue weighted by atomic mass is 16.3. The number of nitrogens with one attached hydrogen (secondary N) is 2. The maximum absolute atomic E-state index is 14.1. The zero-order chi connectivity index (χ0) is 29.4. The quantitative estimate of drug-likeness (QED) is 0.266. The number of hydrogen-bond acceptors (Lipinski definition) is 10. The molecule has 1 amide bonds. The van der Waals surface area contributed by atoms with Crippen molar-refractivity contribution >= 4 is 23.2 Å². The Balaban J connectivity index is 1.97. The van der Waals surface area contributed by atoms with Crippen molar-refractivity contribution in [2.45, 2.75) is 64.3 Å². The largest absolute Gasteiger partial charge is 0.510 e. The van der Waals surface area contributed by atoms with Crippen LogP contribution >= 0.6 is 0 Å². The van der Waals surface area contributed by atoms with Gasteiger partial charge in [0.2, 0.25) is 5.78 Å². The zero-order valence-corrected chi connectivity index (χ0v) is 23.4. The summed E-state index contributed by atoms with van der Waals surface area (Å²) in [4.78, 5) is 41.5. The van der Waals surface area contributed by atoms with E-state index in [2.05, 4.69) is 10.6 Å². The Kier molecular flexibility index (Phi) is 6.65. The Morgan fingerprint density at radius 3 is 2.33 bits per heavy atom. The molecule has 0 aromatic heterocycles. The van der Waals surface area contributed by atoms with E-state index >= 15 is 0 Å². The average molecular weight is 543 g/mol. The number of phenols is 1. The maximum Gasteiger partial charge on any atom is 0.255 e. The van der Waals surface area contributed by atoms with Gasteiger partial charge in [-0.2, -0.15) is 0 Å². The highest BCUT2D eigenvalue weighted by molar-refractivity contribution is 6.25. The summed E-state index contributed by atoms with van der Waals surface area (Å²) in [5, 5.41) is 51.7. The monoisotopic (exact) mass is 542 g/mol. The number of allylic oxidation sites excluding steroid dienone is 1. The maximum atomic E-state index is 14.1. The SMILES string of the molecule is CNC1C(O)=C(C(N)=O)C(=O)[C@@]2(O)C(O)=C3C(=O)c4c(O)c(CNC(C)(C)C)cc(N(C)C)c4C[C@H]3C[C@@]12C. The highest BCUT2D eigenvalue weighted by Gasteiger charge is 2.69. The van der Waals surface area contributed by atoms with Gasteiger partial charge in [-0.1, -0.05) is 6.92 Å². The Morgan fingerprint density at radius 2 is 1.82 bits per heavy atom. The Labute approximate surface area is 227 Å². The molecule has 8 N–H and O–H groups in total. The summed E-state index contributed by atoms with van der Waals surface area (Å²) >= 11 is 0. The second kappa shape index (κ2) is 9.07. The molecule has 0 heterocycles. The van der Waals surface area contributed by atoms with Gasteiger partial charge in [-0.3, -0.25) is 14.4 Å². The molecule has 3 aliphatic carbocycles. The van der Waals surface area contributed by atoms with Crippen molar-refractivity contribution in [3.8, 4) is 5.75 Å². The summed E-state index contributed by atoms with van der Waals surface area (Å²) in [7, 11) is 5.13. The minimum absolute atomic E-state index is 0.00106. The summed E-state index contributed by atoms with van der Waals surface area (Å²) in [5.74, 6) is -5.65. The number of fused-ring (bicyclic) bond motifs is 3. The normalized spacial score (nSPS) is 28.7. The Morgan fingerprint density at radius 1 is 1.21 bits per heavy atom. The van der Waals surface area contributed by atoms with Crippen molar-refractivity contribution in [1.82, 2.24) is 10.6 Å². The Bertz CT molecular complexity index is 1360. The van der Waals surface area contributed by atoms with Crippen LogP contribution in [0, 0.1) is 11.3 Å². The summed E-state index contributed by atoms with van der Waals surface area (Å²) in [6, 6.07) is 0.694. The number of carbonyl (C=O) groups is 3. The first kappa shape index (κ1) is 28.6. The molecule has 0 saturated heterocycles. The molecule has 0 radical (unpaired) electrons. The number of likely N-dealkylation sites (N-methyl/N-ethyl adjacent to an activating group) is 1. The van der Waals surface area contributed by atoms with Gasteiger partial charge in [0.15, 0.2) is 11.4 Å². The van der Waals surface area contributed by atoms with Gasteiger partial charge in [0.25, 0.3) is 5.91 Å². The number of primary amides is 1. The molecule has 4 rings (SSSR count). The van der Waals surface area contributed by atoms with Gasteiger partial charge in [-0.25, -0.2) is 0 Å². The van der Waals surface area contributed by atoms with Crippen molar-refractivity contribution in [2.75, 3.05) is 26.0 Å². The molecule has 0 bridgehead atoms. The van der Waals surface area contributed by atoms with Crippen molar-refractivity contribution in [2.24, 2.45) is 17.1 Å². The van der Waals surface area contributed by atoms with E-state index in [0.717, 1.165) is 5.69 Å². The van der Waals surface area contributed by atoms with Crippen molar-refractivity contribution in [3.05, 3.63) is 45.4 Å². The molecule has 0 aliphatic heterocycles. The number of benzene rings is 1. The highest BCUT2D eigenvalue weighted by Crippen LogP contribution is 2.58. The standard InChI is InChI=1S/C28H38N4O7/c1-26(2,3)31-11-13-9-15(32(6)7)14-8-12-10-27(4)22(30-5)21(35)18(25(29)38)24(37)28(27,39)23(36)16(12)20(34)17(14)19(13)33/h9,12,22,30-31,33,35-36,39H,8,10-11H2,1-7H3,(H2,29,38)/t12-,22?,27-,28-/m0/s1. The number of aliphatic hydroxyl groups is 3. The van der Waals surface area contributed by atoms with Gasteiger partial charge in [0.05, 0.1) is 11.6 Å². The smallest absolute Gasteiger partial charge is 0.255 e. The number of carbonyl (C=O) groups excluding carboxylic acids is 3. The summed E-state index contributed by atoms with van der Waals surface area (Å²) in [6.07, 6.45) is 0.223. The number of phenolic OH excluding ortho intramolecular Hbond substituents is 1. The second-order valence-electron chi connectivity index (χ2n) is 12.3. The molecule has 212 valence electrons. The fraction of sp³-hybridized carbons (Fsp3) is 0.536. The number of rotatable bonds is 5. The lowest BCUT2D eigenvalue weighted by Crippen LogP contribution is -2.69. The van der Waals surface area contributed by atoms with Gasteiger partial charge < -0.3 is 41.7 Å². The Hall–Kier alpha value is -3.41. The molecule has 0 saturated carbocycles. The first-order chi connectivity index (χ1) is 17.9. The fourth-order valence-corrected chi connectivity index (χ4v) is 6.50. The van der Waals surface area contributed by atoms with E-state index in [9.17, 15) is 34.8 Å². The van der Waals surface area contributed by atoms with E-state index in [1.165, 1.54) is 14.0 Å². The fourth-order valence-electron chi connectivity index (χ4n) is 6.50. The number of aromatic hydroxyl groups is 1. The van der Waals surface area contributed by atoms with Crippen LogP contribution in [-0.4, -0.2) is 76.2 Å². The second-order valence-corrected chi connectivity index (χ2v) is 12.3. The summed E-state index contributed by atoms with van der Waals surface area (Å²) in [6.45, 7) is 7.69. The van der Waals surface area contributed by atoms with Gasteiger partial charge >= 0.3 is 0 Å². The number of nitrogens with two attached hydrogens (primary N) is 1. The number of amides is 1. The lowest BCUT2D eigenvalue weighted by Gasteiger charge is -2.55. The van der Waals surface area contributed by atoms with E-state index in [4.69, 9.17) is 5.73 Å². The van der Waals surface area contributed by atoms with Gasteiger partial charge in [0.1, 0.15) is 22.8 Å². The van der Waals surface area contributed by atoms with Crippen LogP contribution in [0.15, 0.2) is 28.7 Å². The predicted molar refractivity (Wildman–Crippen MR) is 145 cm³/mol. The lowest BCUT2D eigenvalue weighted by atomic mass is 9.51. The van der Waals surface area contributed by atoms with Crippen LogP contribution in [0.2, 0.25) is 0 Å². The molecule has 3 aliphatic rings. The number of anilines is 1. The van der Waals surface area contributed by atoms with Crippen LogP contribution in [0.5, 0.6) is 5.75 Å². The van der Waals surface area contributed by atoms with Crippen LogP contribution in [0.4, 0.5) is 5.69 Å². The zero-order valence-electron chi connectivity index (χ0n) is 23.4. The molecule has 0 spiro atoms. The molecular weight excluding hydrogens is 504 g/mol. The van der Waals surface area contributed by atoms with E-state index in [1.807, 2.05) is 45.8 Å². The van der Waals surface area contributed by atoms with Gasteiger partial charge in [-0.05, 0) is 58.2 Å². The molecule has 1 aromatic rings. The molecule has 11 heteroatoms. The summed E-state index contributed by atoms with van der Waals surface area (Å²) in [5.41, 5.74) is 1.58. The molecule has 0 fully saturated rings. The molecule has 1 aromatic carbocycles. The average Bonchev–Trinajstić information content (AvgIpc) is 2.80. The molecular formula is C28H38N4O7. The van der Waals surface area contributed by atoms with Gasteiger partial charge in [0, 0.05) is 48.4 Å². The number of Topliss-reactive ketones (excluding diaryl/α,β-unsaturated/α-hetero) is 2. The summed E-state index contributed by atoms with van der Waals surface area (Å²) < 4.78 is 0. The molecule has 39 heavy (non-hydrogen) atoms. The van der Waals surface area contributed by atoms with Crippen LogP contribution in [-0.2, 0) is 22.6 Å². The van der Waals surface area contributed by atoms with E-state index in [-0.39, 0.29) is 41.8 Å². The van der Waals surface area contributed by atoms with E-state index in [0.29, 0.717) is 11.1 Å². The van der Waals surface area contributed by atoms with Gasteiger partial charge in [-0.15, -0.1) is 0 Å². The number of hydrogen-bond donors (Lipinski definition) is 7. The minimum atomic E-state index is -2.72. The van der Waals surface area contributed by atoms with Crippen molar-refractivity contribution in [3.63, 3.8) is 0 Å². The minimum Gasteiger partial charge on any atom is -0.510 e. The predicted octanol–water partition coefficient (Wildman–Crippen LogP) is 1.12. The number of aliphatic hydroxyl groups excluding tert-OH is 2. The number of nitrogens with zero attached hydrogens (tertiary/aromatic N) is 1.